The van der Waals surface area contributed by atoms with E-state index < -0.39 is 55.1 Å². The quantitative estimate of drug-likeness (QED) is 0.156. The molecule has 15 heteroatoms. The Bertz CT molecular complexity index is 1530. The van der Waals surface area contributed by atoms with Gasteiger partial charge in [-0.3, -0.25) is 0 Å². The van der Waals surface area contributed by atoms with Gasteiger partial charge in [-0.1, -0.05) is 28.6 Å². The van der Waals surface area contributed by atoms with Crippen LogP contribution in [0.1, 0.15) is 11.1 Å². The lowest BCUT2D eigenvalue weighted by Crippen LogP contribution is -2.63. The lowest BCUT2D eigenvalue weighted by molar-refractivity contribution is -1.91. The minimum Gasteiger partial charge on any atom is -0.167 e. The van der Waals surface area contributed by atoms with Gasteiger partial charge in [0.1, 0.15) is 15.8 Å². The van der Waals surface area contributed by atoms with E-state index in [-0.39, 0.29) is 31.5 Å². The zero-order valence-electron chi connectivity index (χ0n) is 16.5. The molecule has 4 aromatic rings. The zero-order chi connectivity index (χ0) is 26.2. The van der Waals surface area contributed by atoms with Crippen molar-refractivity contribution < 1.29 is 54.9 Å². The van der Waals surface area contributed by atoms with Gasteiger partial charge in [0, 0.05) is 35.7 Å². The molecule has 0 aromatic heterocycles. The second-order valence-corrected chi connectivity index (χ2v) is 9.89. The molecule has 0 heterocycles. The topological polar surface area (TPSA) is 78.4 Å². The number of hydrogen-bond donors (Lipinski definition) is 4. The number of hydrogen-bond acceptors (Lipinski definition) is 8. The largest absolute Gasteiger partial charge is 0.421 e. The summed E-state index contributed by atoms with van der Waals surface area (Å²) in [6, 6.07) is 6.69. The van der Waals surface area contributed by atoms with Crippen LogP contribution in [0.4, 0.5) is 26.3 Å². The molecule has 4 aromatic carbocycles. The van der Waals surface area contributed by atoms with Crippen molar-refractivity contribution in [3.05, 3.63) is 41.5 Å². The van der Waals surface area contributed by atoms with Crippen molar-refractivity contribution in [2.75, 3.05) is 0 Å². The fourth-order valence-corrected chi connectivity index (χ4v) is 6.08. The Morgan fingerprint density at radius 3 is 1.54 bits per heavy atom. The third-order valence-corrected chi connectivity index (χ3v) is 7.35. The Hall–Kier alpha value is -1.39. The summed E-state index contributed by atoms with van der Waals surface area (Å²) in [6.07, 6.45) is -11.4. The van der Waals surface area contributed by atoms with Gasteiger partial charge in [-0.25, -0.2) is 0 Å². The molecule has 0 spiro atoms. The van der Waals surface area contributed by atoms with E-state index in [9.17, 15) is 40.3 Å². The summed E-state index contributed by atoms with van der Waals surface area (Å²) in [4.78, 5) is -0.353. The fourth-order valence-electron chi connectivity index (χ4n) is 3.88. The molecule has 0 aliphatic rings. The van der Waals surface area contributed by atoms with Crippen LogP contribution in [-0.2, 0) is 12.4 Å². The molecule has 0 N–H and O–H groups in total. The highest BCUT2D eigenvalue weighted by molar-refractivity contribution is 7.83. The van der Waals surface area contributed by atoms with Crippen molar-refractivity contribution in [1.29, 1.82) is 0 Å². The molecular weight excluding hydrogens is 582 g/mol. The van der Waals surface area contributed by atoms with Crippen LogP contribution in [-0.4, -0.2) is 0 Å². The molecule has 35 heavy (non-hydrogen) atoms. The minimum atomic E-state index is -5.78. The van der Waals surface area contributed by atoms with Crippen LogP contribution >= 0.6 is 50.5 Å². The van der Waals surface area contributed by atoms with Crippen molar-refractivity contribution >= 4 is 82.8 Å². The van der Waals surface area contributed by atoms with Crippen molar-refractivity contribution in [3.63, 3.8) is 0 Å². The predicted molar refractivity (Wildman–Crippen MR) is 119 cm³/mol. The molecule has 4 nitrogen and oxygen atoms in total. The van der Waals surface area contributed by atoms with Crippen molar-refractivity contribution in [3.8, 4) is 5.75 Å². The first kappa shape index (κ1) is 26.7. The number of thiol groups is 4. The SMILES string of the molecule is [O-][Cl+3]([O-])([O-])Oc1c(C(F)(F)F)c(C(F)(F)F)cc2c(S)c3c(S)c4ccccc4c(S)c3c(S)c12. The standard InChI is InChI=1S/C20H9ClF6O4S4/c22-19(23,24)9-5-8-10(14(31-21(28,29)30)13(9)20(25,26)27)18(35)12-11(17(8)34)15(32)6-3-1-2-4-7(6)16(12)33/h1-5,32-35H. The van der Waals surface area contributed by atoms with Crippen LogP contribution in [0.5, 0.6) is 5.75 Å². The minimum absolute atomic E-state index is 0.00978. The summed E-state index contributed by atoms with van der Waals surface area (Å²) < 4.78 is 121. The number of halogens is 7. The molecule has 0 bridgehead atoms. The average molecular weight is 591 g/mol. The smallest absolute Gasteiger partial charge is 0.167 e. The van der Waals surface area contributed by atoms with Crippen LogP contribution in [0, 0.1) is 10.2 Å². The highest BCUT2D eigenvalue weighted by Gasteiger charge is 2.50. The van der Waals surface area contributed by atoms with Crippen molar-refractivity contribution in [2.24, 2.45) is 0 Å². The first-order valence-electron chi connectivity index (χ1n) is 9.00. The van der Waals surface area contributed by atoms with Gasteiger partial charge in [0.05, 0.1) is 10.9 Å². The molecule has 0 saturated carbocycles. The molecule has 186 valence electrons. The maximum atomic E-state index is 13.9. The first-order chi connectivity index (χ1) is 15.9. The van der Waals surface area contributed by atoms with Gasteiger partial charge >= 0.3 is 18.1 Å². The molecule has 0 fully saturated rings. The lowest BCUT2D eigenvalue weighted by Gasteiger charge is -2.23. The van der Waals surface area contributed by atoms with Crippen LogP contribution in [0.2, 0.25) is 0 Å². The van der Waals surface area contributed by atoms with Gasteiger partial charge < -0.3 is 0 Å². The Morgan fingerprint density at radius 1 is 0.657 bits per heavy atom. The highest BCUT2D eigenvalue weighted by Crippen LogP contribution is 2.54. The molecule has 0 aliphatic heterocycles. The van der Waals surface area contributed by atoms with Crippen molar-refractivity contribution in [2.45, 2.75) is 31.9 Å². The van der Waals surface area contributed by atoms with Crippen LogP contribution in [0.3, 0.4) is 0 Å². The lowest BCUT2D eigenvalue weighted by atomic mass is 9.94. The van der Waals surface area contributed by atoms with Gasteiger partial charge in [0.2, 0.25) is 0 Å². The van der Waals surface area contributed by atoms with Gasteiger partial charge in [-0.05, 0) is 16.8 Å². The van der Waals surface area contributed by atoms with E-state index >= 15 is 0 Å². The van der Waals surface area contributed by atoms with Crippen molar-refractivity contribution in [1.82, 2.24) is 0 Å². The van der Waals surface area contributed by atoms with E-state index in [2.05, 4.69) is 54.8 Å². The van der Waals surface area contributed by atoms with Gasteiger partial charge in [0.15, 0.2) is 0 Å². The monoisotopic (exact) mass is 590 g/mol. The number of alkyl halides is 6. The van der Waals surface area contributed by atoms with E-state index in [1.54, 1.807) is 24.3 Å². The van der Waals surface area contributed by atoms with E-state index in [1.165, 1.54) is 0 Å². The average Bonchev–Trinajstić information content (AvgIpc) is 2.71. The zero-order valence-corrected chi connectivity index (χ0v) is 20.8. The third-order valence-electron chi connectivity index (χ3n) is 5.17. The van der Waals surface area contributed by atoms with Gasteiger partial charge in [-0.15, -0.1) is 50.5 Å². The number of fused-ring (bicyclic) bond motifs is 3. The first-order valence-corrected chi connectivity index (χ1v) is 12.0. The molecule has 0 saturated heterocycles. The molecular formula is C20H9ClF6O4S4. The summed E-state index contributed by atoms with van der Waals surface area (Å²) in [5.41, 5.74) is -4.78. The molecule has 0 radical (unpaired) electrons. The van der Waals surface area contributed by atoms with E-state index in [0.717, 1.165) is 0 Å². The van der Waals surface area contributed by atoms with Gasteiger partial charge in [-0.2, -0.15) is 40.3 Å². The van der Waals surface area contributed by atoms with E-state index in [1.807, 2.05) is 0 Å². The van der Waals surface area contributed by atoms with Crippen LogP contribution in [0.15, 0.2) is 49.9 Å². The summed E-state index contributed by atoms with van der Waals surface area (Å²) in [6.45, 7) is 0. The second-order valence-electron chi connectivity index (χ2n) is 7.19. The second kappa shape index (κ2) is 8.58. The summed E-state index contributed by atoms with van der Waals surface area (Å²) in [5.74, 6) is -1.87. The third kappa shape index (κ3) is 4.48. The Kier molecular flexibility index (Phi) is 6.54. The van der Waals surface area contributed by atoms with Crippen LogP contribution in [0.25, 0.3) is 32.3 Å². The Morgan fingerprint density at radius 2 is 1.11 bits per heavy atom. The molecule has 0 atom stereocenters. The summed E-state index contributed by atoms with van der Waals surface area (Å²) >= 11 is 17.4. The highest BCUT2D eigenvalue weighted by atomic mass is 35.7. The Labute approximate surface area is 216 Å². The maximum Gasteiger partial charge on any atom is 0.421 e. The maximum absolute atomic E-state index is 13.9. The summed E-state index contributed by atoms with van der Waals surface area (Å²) in [5, 5.41) is -0.337. The molecule has 0 unspecified atom stereocenters. The van der Waals surface area contributed by atoms with E-state index in [4.69, 9.17) is 0 Å². The van der Waals surface area contributed by atoms with Crippen LogP contribution < -0.4 is 18.3 Å². The molecule has 0 amide bonds. The number of benzene rings is 4. The fraction of sp³-hybridized carbons (Fsp3) is 0.100. The van der Waals surface area contributed by atoms with E-state index in [0.29, 0.717) is 10.8 Å². The van der Waals surface area contributed by atoms with Gasteiger partial charge in [0.25, 0.3) is 0 Å². The molecule has 0 aliphatic carbocycles. The number of rotatable bonds is 2. The summed E-state index contributed by atoms with van der Waals surface area (Å²) in [7, 11) is -5.64. The normalized spacial score (nSPS) is 13.3. The predicted octanol–water partition coefficient (Wildman–Crippen LogP) is 4.61. The Balaban J connectivity index is 2.40. The molecule has 4 rings (SSSR count).